The molecule has 0 bridgehead atoms. The van der Waals surface area contributed by atoms with E-state index in [-0.39, 0.29) is 0 Å². The summed E-state index contributed by atoms with van der Waals surface area (Å²) in [5, 5.41) is 10.8. The number of ether oxygens (including phenoxy) is 1. The molecular weight excluding hydrogens is 240 g/mol. The number of hydrogen-bond donors (Lipinski definition) is 3. The molecule has 0 aromatic rings. The number of nitrogens with one attached hydrogen (secondary N) is 1. The molecule has 1 amide bonds. The highest BCUT2D eigenvalue weighted by molar-refractivity contribution is 5.89. The molecule has 0 saturated carbocycles. The van der Waals surface area contributed by atoms with Crippen molar-refractivity contribution in [2.24, 2.45) is 5.73 Å². The van der Waals surface area contributed by atoms with Crippen molar-refractivity contribution in [3.63, 3.8) is 0 Å². The molecule has 18 heavy (non-hydrogen) atoms. The second kappa shape index (κ2) is 8.46. The third-order valence-electron chi connectivity index (χ3n) is 2.19. The fourth-order valence-corrected chi connectivity index (χ4v) is 1.10. The van der Waals surface area contributed by atoms with Gasteiger partial charge in [0.25, 0.3) is 0 Å². The molecule has 0 heterocycles. The molecule has 7 nitrogen and oxygen atoms in total. The van der Waals surface area contributed by atoms with E-state index < -0.39 is 36.4 Å². The molecule has 0 spiro atoms. The van der Waals surface area contributed by atoms with E-state index in [4.69, 9.17) is 15.6 Å². The van der Waals surface area contributed by atoms with Crippen molar-refractivity contribution in [1.82, 2.24) is 5.32 Å². The summed E-state index contributed by atoms with van der Waals surface area (Å²) in [6.45, 7) is 3.72. The van der Waals surface area contributed by atoms with Crippen LogP contribution in [0.3, 0.4) is 0 Å². The summed E-state index contributed by atoms with van der Waals surface area (Å²) in [6, 6.07) is -2.01. The van der Waals surface area contributed by atoms with Gasteiger partial charge >= 0.3 is 11.9 Å². The van der Waals surface area contributed by atoms with Crippen LogP contribution in [0.1, 0.15) is 33.1 Å². The highest BCUT2D eigenvalue weighted by atomic mass is 16.5. The Morgan fingerprint density at radius 2 is 2.00 bits per heavy atom. The summed E-state index contributed by atoms with van der Waals surface area (Å²) in [7, 11) is 0. The second-order valence-electron chi connectivity index (χ2n) is 3.96. The predicted molar refractivity (Wildman–Crippen MR) is 63.7 cm³/mol. The van der Waals surface area contributed by atoms with Crippen molar-refractivity contribution in [1.29, 1.82) is 0 Å². The monoisotopic (exact) mass is 260 g/mol. The maximum Gasteiger partial charge on any atom is 0.328 e. The van der Waals surface area contributed by atoms with Crippen LogP contribution in [0.5, 0.6) is 0 Å². The first kappa shape index (κ1) is 16.4. The van der Waals surface area contributed by atoms with Crippen LogP contribution in [0.15, 0.2) is 0 Å². The smallest absolute Gasteiger partial charge is 0.328 e. The van der Waals surface area contributed by atoms with Crippen molar-refractivity contribution in [2.75, 3.05) is 6.61 Å². The number of rotatable bonds is 8. The Kier molecular flexibility index (Phi) is 7.69. The summed E-state index contributed by atoms with van der Waals surface area (Å²) in [5.41, 5.74) is 5.34. The van der Waals surface area contributed by atoms with Gasteiger partial charge in [0.05, 0.1) is 19.1 Å². The molecular formula is C11H20N2O5. The van der Waals surface area contributed by atoms with E-state index >= 15 is 0 Å². The van der Waals surface area contributed by atoms with Gasteiger partial charge in [-0.25, -0.2) is 4.79 Å². The number of amides is 1. The number of carbonyl (C=O) groups is 3. The second-order valence-corrected chi connectivity index (χ2v) is 3.96. The fraction of sp³-hybridized carbons (Fsp3) is 0.727. The topological polar surface area (TPSA) is 119 Å². The van der Waals surface area contributed by atoms with Crippen molar-refractivity contribution >= 4 is 17.8 Å². The van der Waals surface area contributed by atoms with Crippen LogP contribution in [-0.2, 0) is 19.1 Å². The number of unbranched alkanes of at least 4 members (excludes halogenated alkanes) is 1. The summed E-state index contributed by atoms with van der Waals surface area (Å²) in [6.07, 6.45) is 1.17. The average molecular weight is 260 g/mol. The number of hydrogen-bond acceptors (Lipinski definition) is 5. The third kappa shape index (κ3) is 6.85. The Hall–Kier alpha value is -1.63. The van der Waals surface area contributed by atoms with Gasteiger partial charge in [0.2, 0.25) is 5.91 Å². The SMILES string of the molecule is CCCCOC(=O)[C@H](C)NC(=O)[C@@H](N)CC(=O)O. The first-order chi connectivity index (χ1) is 8.38. The van der Waals surface area contributed by atoms with E-state index in [1.54, 1.807) is 0 Å². The van der Waals surface area contributed by atoms with Crippen LogP contribution in [0.2, 0.25) is 0 Å². The summed E-state index contributed by atoms with van der Waals surface area (Å²) >= 11 is 0. The van der Waals surface area contributed by atoms with Crippen LogP contribution in [-0.4, -0.2) is 41.6 Å². The standard InChI is InChI=1S/C11H20N2O5/c1-3-4-5-18-11(17)7(2)13-10(16)8(12)6-9(14)15/h7-8H,3-6,12H2,1-2H3,(H,13,16)(H,14,15)/t7-,8-/m0/s1. The number of nitrogens with two attached hydrogens (primary N) is 1. The molecule has 0 rings (SSSR count). The van der Waals surface area contributed by atoms with Crippen molar-refractivity contribution < 1.29 is 24.2 Å². The molecule has 7 heteroatoms. The average Bonchev–Trinajstić information content (AvgIpc) is 2.28. The molecule has 0 aromatic carbocycles. The number of carbonyl (C=O) groups excluding carboxylic acids is 2. The molecule has 0 aliphatic rings. The maximum absolute atomic E-state index is 11.4. The predicted octanol–water partition coefficient (Wildman–Crippen LogP) is -0.364. The van der Waals surface area contributed by atoms with Crippen LogP contribution in [0, 0.1) is 0 Å². The van der Waals surface area contributed by atoms with Gasteiger partial charge in [0.15, 0.2) is 0 Å². The molecule has 0 unspecified atom stereocenters. The summed E-state index contributed by atoms with van der Waals surface area (Å²) in [5.74, 6) is -2.41. The van der Waals surface area contributed by atoms with Crippen LogP contribution >= 0.6 is 0 Å². The van der Waals surface area contributed by atoms with Crippen molar-refractivity contribution in [2.45, 2.75) is 45.2 Å². The normalized spacial score (nSPS) is 13.5. The van der Waals surface area contributed by atoms with E-state index in [0.29, 0.717) is 6.61 Å². The van der Waals surface area contributed by atoms with Crippen LogP contribution in [0.25, 0.3) is 0 Å². The largest absolute Gasteiger partial charge is 0.481 e. The zero-order valence-electron chi connectivity index (χ0n) is 10.6. The molecule has 2 atom stereocenters. The van der Waals surface area contributed by atoms with Gasteiger partial charge < -0.3 is 20.9 Å². The molecule has 0 saturated heterocycles. The highest BCUT2D eigenvalue weighted by Crippen LogP contribution is 1.95. The lowest BCUT2D eigenvalue weighted by Crippen LogP contribution is -2.48. The highest BCUT2D eigenvalue weighted by Gasteiger charge is 2.22. The van der Waals surface area contributed by atoms with E-state index in [0.717, 1.165) is 12.8 Å². The number of carboxylic acid groups (broad SMARTS) is 1. The lowest BCUT2D eigenvalue weighted by Gasteiger charge is -2.15. The van der Waals surface area contributed by atoms with E-state index in [9.17, 15) is 14.4 Å². The molecule has 0 radical (unpaired) electrons. The zero-order valence-corrected chi connectivity index (χ0v) is 10.6. The van der Waals surface area contributed by atoms with Gasteiger partial charge in [-0.15, -0.1) is 0 Å². The number of aliphatic carboxylic acids is 1. The molecule has 0 aliphatic carbocycles. The van der Waals surface area contributed by atoms with Crippen molar-refractivity contribution in [3.8, 4) is 0 Å². The summed E-state index contributed by atoms with van der Waals surface area (Å²) in [4.78, 5) is 33.2. The Labute approximate surface area is 106 Å². The van der Waals surface area contributed by atoms with Crippen LogP contribution in [0.4, 0.5) is 0 Å². The molecule has 0 aromatic heterocycles. The lowest BCUT2D eigenvalue weighted by molar-refractivity contribution is -0.147. The minimum atomic E-state index is -1.17. The quantitative estimate of drug-likeness (QED) is 0.405. The fourth-order valence-electron chi connectivity index (χ4n) is 1.10. The van der Waals surface area contributed by atoms with Gasteiger partial charge in [0, 0.05) is 0 Å². The van der Waals surface area contributed by atoms with Crippen LogP contribution < -0.4 is 11.1 Å². The Bertz CT molecular complexity index is 306. The first-order valence-electron chi connectivity index (χ1n) is 5.82. The Balaban J connectivity index is 4.05. The van der Waals surface area contributed by atoms with E-state index in [1.165, 1.54) is 6.92 Å². The van der Waals surface area contributed by atoms with E-state index in [1.807, 2.05) is 6.92 Å². The van der Waals surface area contributed by atoms with E-state index in [2.05, 4.69) is 5.32 Å². The molecule has 4 N–H and O–H groups in total. The Morgan fingerprint density at radius 3 is 2.50 bits per heavy atom. The molecule has 0 aliphatic heterocycles. The zero-order chi connectivity index (χ0) is 14.1. The van der Waals surface area contributed by atoms with Gasteiger partial charge in [-0.05, 0) is 13.3 Å². The van der Waals surface area contributed by atoms with Gasteiger partial charge in [0.1, 0.15) is 6.04 Å². The summed E-state index contributed by atoms with van der Waals surface area (Å²) < 4.78 is 4.90. The lowest BCUT2D eigenvalue weighted by atomic mass is 10.2. The number of carboxylic acids is 1. The van der Waals surface area contributed by atoms with Gasteiger partial charge in [-0.3, -0.25) is 9.59 Å². The molecule has 0 fully saturated rings. The van der Waals surface area contributed by atoms with Crippen molar-refractivity contribution in [3.05, 3.63) is 0 Å². The maximum atomic E-state index is 11.4. The van der Waals surface area contributed by atoms with Gasteiger partial charge in [-0.2, -0.15) is 0 Å². The minimum Gasteiger partial charge on any atom is -0.481 e. The van der Waals surface area contributed by atoms with Gasteiger partial charge in [-0.1, -0.05) is 13.3 Å². The first-order valence-corrected chi connectivity index (χ1v) is 5.82. The minimum absolute atomic E-state index is 0.302. The number of esters is 1. The Morgan fingerprint density at radius 1 is 1.39 bits per heavy atom. The third-order valence-corrected chi connectivity index (χ3v) is 2.19. The molecule has 104 valence electrons.